The van der Waals surface area contributed by atoms with E-state index < -0.39 is 0 Å². The maximum absolute atomic E-state index is 12.3. The first-order valence-corrected chi connectivity index (χ1v) is 7.55. The molecule has 0 bridgehead atoms. The Labute approximate surface area is 125 Å². The molecule has 2 aromatic rings. The van der Waals surface area contributed by atoms with Crippen LogP contribution < -0.4 is 0 Å². The molecule has 3 rings (SSSR count). The molecule has 1 aliphatic heterocycles. The van der Waals surface area contributed by atoms with Crippen LogP contribution in [-0.4, -0.2) is 33.7 Å². The second-order valence-electron chi connectivity index (χ2n) is 5.71. The second-order valence-corrected chi connectivity index (χ2v) is 5.71. The number of amides is 1. The van der Waals surface area contributed by atoms with Gasteiger partial charge in [0.05, 0.1) is 5.69 Å². The quantitative estimate of drug-likeness (QED) is 0.865. The van der Waals surface area contributed by atoms with Crippen molar-refractivity contribution in [3.8, 4) is 0 Å². The third-order valence-electron chi connectivity index (χ3n) is 4.14. The topological polar surface area (TPSA) is 38.1 Å². The molecule has 1 atom stereocenters. The predicted molar refractivity (Wildman–Crippen MR) is 82.0 cm³/mol. The fourth-order valence-electron chi connectivity index (χ4n) is 2.94. The van der Waals surface area contributed by atoms with E-state index in [4.69, 9.17) is 0 Å². The van der Waals surface area contributed by atoms with Crippen molar-refractivity contribution in [2.45, 2.75) is 32.2 Å². The number of nitrogens with zero attached hydrogens (tertiary/aromatic N) is 3. The molecule has 0 N–H and O–H groups in total. The average Bonchev–Trinajstić information content (AvgIpc) is 3.15. The fourth-order valence-corrected chi connectivity index (χ4v) is 2.94. The summed E-state index contributed by atoms with van der Waals surface area (Å²) in [5, 5.41) is 4.32. The molecule has 1 unspecified atom stereocenters. The van der Waals surface area contributed by atoms with Crippen molar-refractivity contribution in [3.05, 3.63) is 53.9 Å². The second kappa shape index (κ2) is 6.12. The number of aromatic nitrogens is 2. The molecule has 1 aromatic heterocycles. The van der Waals surface area contributed by atoms with Crippen LogP contribution in [-0.2, 0) is 11.3 Å². The summed E-state index contributed by atoms with van der Waals surface area (Å²) >= 11 is 0. The van der Waals surface area contributed by atoms with Crippen LogP contribution >= 0.6 is 0 Å². The Bertz CT molecular complexity index is 606. The van der Waals surface area contributed by atoms with Gasteiger partial charge in [-0.05, 0) is 25.0 Å². The Morgan fingerprint density at radius 3 is 2.81 bits per heavy atom. The van der Waals surface area contributed by atoms with Gasteiger partial charge in [0, 0.05) is 38.2 Å². The molecule has 0 saturated carbocycles. The van der Waals surface area contributed by atoms with Crippen molar-refractivity contribution in [2.75, 3.05) is 13.1 Å². The molecule has 2 heterocycles. The zero-order valence-electron chi connectivity index (χ0n) is 12.4. The van der Waals surface area contributed by atoms with Crippen LogP contribution in [0.2, 0.25) is 0 Å². The lowest BCUT2D eigenvalue weighted by Gasteiger charge is -2.16. The number of carbonyl (C=O) groups excluding carboxylic acids is 1. The van der Waals surface area contributed by atoms with Crippen LogP contribution in [0.1, 0.15) is 30.0 Å². The van der Waals surface area contributed by atoms with E-state index >= 15 is 0 Å². The number of rotatable bonds is 4. The van der Waals surface area contributed by atoms with Gasteiger partial charge in [0.15, 0.2) is 0 Å². The highest BCUT2D eigenvalue weighted by molar-refractivity contribution is 5.76. The Hall–Kier alpha value is -2.10. The molecular formula is C17H21N3O. The highest BCUT2D eigenvalue weighted by Crippen LogP contribution is 2.27. The third kappa shape index (κ3) is 3.32. The number of hydrogen-bond donors (Lipinski definition) is 0. The smallest absolute Gasteiger partial charge is 0.224 e. The number of aryl methyl sites for hydroxylation is 2. The summed E-state index contributed by atoms with van der Waals surface area (Å²) in [7, 11) is 0. The molecule has 110 valence electrons. The summed E-state index contributed by atoms with van der Waals surface area (Å²) in [6.07, 6.45) is 3.53. The molecular weight excluding hydrogens is 262 g/mol. The zero-order valence-corrected chi connectivity index (χ0v) is 12.4. The molecule has 4 heteroatoms. The minimum Gasteiger partial charge on any atom is -0.342 e. The summed E-state index contributed by atoms with van der Waals surface area (Å²) in [5.41, 5.74) is 2.34. The lowest BCUT2D eigenvalue weighted by Crippen LogP contribution is -2.29. The number of hydrogen-bond acceptors (Lipinski definition) is 2. The van der Waals surface area contributed by atoms with Crippen molar-refractivity contribution in [1.82, 2.24) is 14.7 Å². The van der Waals surface area contributed by atoms with Crippen LogP contribution in [0.25, 0.3) is 0 Å². The van der Waals surface area contributed by atoms with E-state index in [0.29, 0.717) is 18.9 Å². The minimum absolute atomic E-state index is 0.238. The highest BCUT2D eigenvalue weighted by atomic mass is 16.2. The van der Waals surface area contributed by atoms with Crippen LogP contribution in [0.15, 0.2) is 42.6 Å². The zero-order chi connectivity index (χ0) is 14.7. The van der Waals surface area contributed by atoms with Crippen molar-refractivity contribution >= 4 is 5.91 Å². The van der Waals surface area contributed by atoms with Gasteiger partial charge in [-0.2, -0.15) is 5.10 Å². The van der Waals surface area contributed by atoms with Gasteiger partial charge in [0.2, 0.25) is 5.91 Å². The lowest BCUT2D eigenvalue weighted by atomic mass is 9.99. The molecule has 1 aliphatic rings. The maximum Gasteiger partial charge on any atom is 0.224 e. The third-order valence-corrected chi connectivity index (χ3v) is 4.14. The molecule has 0 spiro atoms. The normalized spacial score (nSPS) is 18.1. The van der Waals surface area contributed by atoms with Gasteiger partial charge in [-0.3, -0.25) is 9.48 Å². The van der Waals surface area contributed by atoms with Gasteiger partial charge in [-0.1, -0.05) is 30.3 Å². The van der Waals surface area contributed by atoms with Crippen molar-refractivity contribution in [1.29, 1.82) is 0 Å². The van der Waals surface area contributed by atoms with Gasteiger partial charge in [0.1, 0.15) is 0 Å². The van der Waals surface area contributed by atoms with Gasteiger partial charge in [0.25, 0.3) is 0 Å². The first-order valence-electron chi connectivity index (χ1n) is 7.55. The summed E-state index contributed by atoms with van der Waals surface area (Å²) < 4.78 is 1.85. The Balaban J connectivity index is 1.52. The molecule has 0 radical (unpaired) electrons. The standard InChI is InChI=1S/C17H21N3O/c1-14-7-11-20(18-14)12-9-17(21)19-10-8-16(13-19)15-5-3-2-4-6-15/h2-7,11,16H,8-10,12-13H2,1H3. The van der Waals surface area contributed by atoms with Gasteiger partial charge in [-0.25, -0.2) is 0 Å². The van der Waals surface area contributed by atoms with Gasteiger partial charge >= 0.3 is 0 Å². The summed E-state index contributed by atoms with van der Waals surface area (Å²) in [6, 6.07) is 12.5. The Kier molecular flexibility index (Phi) is 4.04. The van der Waals surface area contributed by atoms with Crippen molar-refractivity contribution < 1.29 is 4.79 Å². The SMILES string of the molecule is Cc1ccn(CCC(=O)N2CCC(c3ccccc3)C2)n1. The Morgan fingerprint density at radius 1 is 1.29 bits per heavy atom. The van der Waals surface area contributed by atoms with E-state index in [1.54, 1.807) is 0 Å². The van der Waals surface area contributed by atoms with Crippen LogP contribution in [0.5, 0.6) is 0 Å². The predicted octanol–water partition coefficient (Wildman–Crippen LogP) is 2.60. The minimum atomic E-state index is 0.238. The molecule has 1 aromatic carbocycles. The van der Waals surface area contributed by atoms with E-state index in [0.717, 1.165) is 25.2 Å². The first kappa shape index (κ1) is 13.9. The summed E-state index contributed by atoms with van der Waals surface area (Å²) in [4.78, 5) is 14.3. The van der Waals surface area contributed by atoms with Crippen LogP contribution in [0.3, 0.4) is 0 Å². The van der Waals surface area contributed by atoms with E-state index in [9.17, 15) is 4.79 Å². The van der Waals surface area contributed by atoms with E-state index in [1.165, 1.54) is 5.56 Å². The van der Waals surface area contributed by atoms with Crippen molar-refractivity contribution in [2.24, 2.45) is 0 Å². The van der Waals surface area contributed by atoms with Crippen LogP contribution in [0, 0.1) is 6.92 Å². The number of likely N-dealkylation sites (tertiary alicyclic amines) is 1. The molecule has 1 fully saturated rings. The Morgan fingerprint density at radius 2 is 2.10 bits per heavy atom. The summed E-state index contributed by atoms with van der Waals surface area (Å²) in [5.74, 6) is 0.726. The monoisotopic (exact) mass is 283 g/mol. The van der Waals surface area contributed by atoms with Crippen molar-refractivity contribution in [3.63, 3.8) is 0 Å². The van der Waals surface area contributed by atoms with Crippen LogP contribution in [0.4, 0.5) is 0 Å². The molecule has 1 amide bonds. The van der Waals surface area contributed by atoms with E-state index in [-0.39, 0.29) is 5.91 Å². The van der Waals surface area contributed by atoms with Gasteiger partial charge < -0.3 is 4.90 Å². The van der Waals surface area contributed by atoms with Gasteiger partial charge in [-0.15, -0.1) is 0 Å². The molecule has 0 aliphatic carbocycles. The van der Waals surface area contributed by atoms with E-state index in [2.05, 4.69) is 29.4 Å². The number of carbonyl (C=O) groups is 1. The largest absolute Gasteiger partial charge is 0.342 e. The highest BCUT2D eigenvalue weighted by Gasteiger charge is 2.26. The first-order chi connectivity index (χ1) is 10.2. The lowest BCUT2D eigenvalue weighted by molar-refractivity contribution is -0.130. The number of benzene rings is 1. The molecule has 21 heavy (non-hydrogen) atoms. The maximum atomic E-state index is 12.3. The summed E-state index contributed by atoms with van der Waals surface area (Å²) in [6.45, 7) is 4.35. The van der Waals surface area contributed by atoms with E-state index in [1.807, 2.05) is 34.8 Å². The fraction of sp³-hybridized carbons (Fsp3) is 0.412. The molecule has 1 saturated heterocycles. The average molecular weight is 283 g/mol. The molecule has 4 nitrogen and oxygen atoms in total.